The van der Waals surface area contributed by atoms with Crippen LogP contribution in [0.5, 0.6) is 0 Å². The van der Waals surface area contributed by atoms with Gasteiger partial charge in [-0.15, -0.1) is 0 Å². The molecule has 0 aromatic heterocycles. The summed E-state index contributed by atoms with van der Waals surface area (Å²) < 4.78 is 13.0. The Labute approximate surface area is 156 Å². The summed E-state index contributed by atoms with van der Waals surface area (Å²) in [6, 6.07) is 7.19. The lowest BCUT2D eigenvalue weighted by Gasteiger charge is -2.13. The van der Waals surface area contributed by atoms with Crippen LogP contribution in [0.1, 0.15) is 27.1 Å². The number of nitro benzene ring substituents is 1. The summed E-state index contributed by atoms with van der Waals surface area (Å²) in [7, 11) is 0. The zero-order chi connectivity index (χ0) is 19.7. The molecule has 2 aromatic rings. The Morgan fingerprint density at radius 2 is 1.96 bits per heavy atom. The molecule has 8 nitrogen and oxygen atoms in total. The summed E-state index contributed by atoms with van der Waals surface area (Å²) in [6.07, 6.45) is -0.257. The van der Waals surface area contributed by atoms with E-state index in [0.29, 0.717) is 0 Å². The van der Waals surface area contributed by atoms with Crippen molar-refractivity contribution >= 4 is 40.7 Å². The number of nitro groups is 1. The van der Waals surface area contributed by atoms with Crippen LogP contribution in [0, 0.1) is 15.9 Å². The molecule has 0 saturated carbocycles. The number of benzene rings is 2. The number of carbonyl (C=O) groups excluding carboxylic acids is 3. The van der Waals surface area contributed by atoms with Gasteiger partial charge in [-0.3, -0.25) is 29.4 Å². The van der Waals surface area contributed by atoms with E-state index in [4.69, 9.17) is 11.6 Å². The lowest BCUT2D eigenvalue weighted by Crippen LogP contribution is -2.33. The van der Waals surface area contributed by atoms with Crippen LogP contribution >= 0.6 is 11.6 Å². The second-order valence-corrected chi connectivity index (χ2v) is 6.05. The van der Waals surface area contributed by atoms with Crippen LogP contribution < -0.4 is 5.32 Å². The summed E-state index contributed by atoms with van der Waals surface area (Å²) in [5.41, 5.74) is -0.636. The van der Waals surface area contributed by atoms with E-state index < -0.39 is 34.1 Å². The Morgan fingerprint density at radius 3 is 2.63 bits per heavy atom. The van der Waals surface area contributed by atoms with Crippen molar-refractivity contribution in [3.05, 3.63) is 68.5 Å². The number of nitrogens with zero attached hydrogens (tertiary/aromatic N) is 2. The molecule has 27 heavy (non-hydrogen) atoms. The van der Waals surface area contributed by atoms with Crippen molar-refractivity contribution in [2.45, 2.75) is 6.42 Å². The first-order chi connectivity index (χ1) is 12.8. The van der Waals surface area contributed by atoms with E-state index in [9.17, 15) is 28.9 Å². The predicted octanol–water partition coefficient (Wildman–Crippen LogP) is 3.01. The molecule has 1 heterocycles. The molecular weight excluding hydrogens is 381 g/mol. The van der Waals surface area contributed by atoms with Crippen molar-refractivity contribution in [1.82, 2.24) is 4.90 Å². The molecule has 10 heteroatoms. The number of hydrogen-bond donors (Lipinski definition) is 1. The van der Waals surface area contributed by atoms with Gasteiger partial charge < -0.3 is 5.32 Å². The average molecular weight is 392 g/mol. The van der Waals surface area contributed by atoms with Crippen molar-refractivity contribution in [2.75, 3.05) is 11.9 Å². The van der Waals surface area contributed by atoms with Crippen molar-refractivity contribution in [1.29, 1.82) is 0 Å². The smallest absolute Gasteiger partial charge is 0.282 e. The minimum absolute atomic E-state index is 0.000273. The fourth-order valence-corrected chi connectivity index (χ4v) is 2.90. The zero-order valence-electron chi connectivity index (χ0n) is 13.6. The van der Waals surface area contributed by atoms with Crippen LogP contribution in [-0.2, 0) is 4.79 Å². The molecule has 2 aromatic carbocycles. The highest BCUT2D eigenvalue weighted by Crippen LogP contribution is 2.30. The second kappa shape index (κ2) is 7.12. The van der Waals surface area contributed by atoms with Gasteiger partial charge >= 0.3 is 0 Å². The SMILES string of the molecule is O=C(CCN1C(=O)c2cccc([N+](=O)[O-])c2C1=O)Nc1ccc(F)cc1Cl. The number of hydrogen-bond acceptors (Lipinski definition) is 5. The Balaban J connectivity index is 1.71. The lowest BCUT2D eigenvalue weighted by molar-refractivity contribution is -0.385. The largest absolute Gasteiger partial charge is 0.325 e. The molecule has 0 fully saturated rings. The summed E-state index contributed by atoms with van der Waals surface area (Å²) >= 11 is 5.82. The molecule has 0 spiro atoms. The van der Waals surface area contributed by atoms with Gasteiger partial charge in [0.2, 0.25) is 5.91 Å². The minimum Gasteiger partial charge on any atom is -0.325 e. The van der Waals surface area contributed by atoms with E-state index in [1.807, 2.05) is 0 Å². The summed E-state index contributed by atoms with van der Waals surface area (Å²) in [6.45, 7) is -0.270. The Kier molecular flexibility index (Phi) is 4.87. The highest BCUT2D eigenvalue weighted by atomic mass is 35.5. The quantitative estimate of drug-likeness (QED) is 0.478. The van der Waals surface area contributed by atoms with Crippen LogP contribution in [-0.4, -0.2) is 34.1 Å². The van der Waals surface area contributed by atoms with Crippen molar-refractivity contribution < 1.29 is 23.7 Å². The van der Waals surface area contributed by atoms with E-state index in [-0.39, 0.29) is 34.8 Å². The molecule has 0 radical (unpaired) electrons. The number of halogens is 2. The summed E-state index contributed by atoms with van der Waals surface area (Å²) in [4.78, 5) is 47.9. The van der Waals surface area contributed by atoms with Crippen molar-refractivity contribution in [3.63, 3.8) is 0 Å². The number of carbonyl (C=O) groups is 3. The molecule has 3 rings (SSSR count). The van der Waals surface area contributed by atoms with Gasteiger partial charge in [-0.25, -0.2) is 4.39 Å². The molecule has 1 aliphatic rings. The summed E-state index contributed by atoms with van der Waals surface area (Å²) in [5.74, 6) is -2.65. The van der Waals surface area contributed by atoms with Gasteiger partial charge in [-0.05, 0) is 24.3 Å². The molecular formula is C17H11ClFN3O5. The number of imide groups is 1. The molecule has 138 valence electrons. The van der Waals surface area contributed by atoms with E-state index in [2.05, 4.69) is 5.32 Å². The van der Waals surface area contributed by atoms with Crippen molar-refractivity contribution in [2.24, 2.45) is 0 Å². The van der Waals surface area contributed by atoms with Crippen molar-refractivity contribution in [3.8, 4) is 0 Å². The third kappa shape index (κ3) is 3.49. The third-order valence-corrected chi connectivity index (χ3v) is 4.25. The van der Waals surface area contributed by atoms with Crippen LogP contribution in [0.3, 0.4) is 0 Å². The maximum atomic E-state index is 13.0. The first-order valence-corrected chi connectivity index (χ1v) is 8.06. The van der Waals surface area contributed by atoms with Gasteiger partial charge in [-0.1, -0.05) is 17.7 Å². The fourth-order valence-electron chi connectivity index (χ4n) is 2.69. The van der Waals surface area contributed by atoms with Crippen LogP contribution in [0.4, 0.5) is 15.8 Å². The fraction of sp³-hybridized carbons (Fsp3) is 0.118. The molecule has 0 unspecified atom stereocenters. The van der Waals surface area contributed by atoms with E-state index >= 15 is 0 Å². The monoisotopic (exact) mass is 391 g/mol. The van der Waals surface area contributed by atoms with Crippen LogP contribution in [0.25, 0.3) is 0 Å². The van der Waals surface area contributed by atoms with Gasteiger partial charge in [0.1, 0.15) is 11.4 Å². The van der Waals surface area contributed by atoms with Gasteiger partial charge in [0.25, 0.3) is 17.5 Å². The molecule has 0 aliphatic carbocycles. The number of anilines is 1. The highest BCUT2D eigenvalue weighted by Gasteiger charge is 2.40. The normalized spacial score (nSPS) is 12.9. The Morgan fingerprint density at radius 1 is 1.22 bits per heavy atom. The number of fused-ring (bicyclic) bond motifs is 1. The Hall–Kier alpha value is -3.33. The molecule has 0 bridgehead atoms. The minimum atomic E-state index is -0.824. The number of amides is 3. The van der Waals surface area contributed by atoms with Gasteiger partial charge in [0.05, 0.1) is 21.2 Å². The Bertz CT molecular complexity index is 995. The van der Waals surface area contributed by atoms with Gasteiger partial charge in [0.15, 0.2) is 0 Å². The van der Waals surface area contributed by atoms with Crippen LogP contribution in [0.2, 0.25) is 5.02 Å². The zero-order valence-corrected chi connectivity index (χ0v) is 14.3. The average Bonchev–Trinajstić information content (AvgIpc) is 2.86. The predicted molar refractivity (Wildman–Crippen MR) is 93.1 cm³/mol. The molecule has 3 amide bonds. The second-order valence-electron chi connectivity index (χ2n) is 5.64. The topological polar surface area (TPSA) is 110 Å². The molecule has 1 aliphatic heterocycles. The summed E-state index contributed by atoms with van der Waals surface area (Å²) in [5, 5.41) is 13.5. The maximum Gasteiger partial charge on any atom is 0.282 e. The number of nitrogens with one attached hydrogen (secondary N) is 1. The number of rotatable bonds is 5. The molecule has 0 saturated heterocycles. The van der Waals surface area contributed by atoms with E-state index in [1.54, 1.807) is 0 Å². The highest BCUT2D eigenvalue weighted by molar-refractivity contribution is 6.33. The lowest BCUT2D eigenvalue weighted by atomic mass is 10.1. The standard InChI is InChI=1S/C17H11ClFN3O5/c18-11-8-9(19)4-5-12(11)20-14(23)6-7-21-16(24)10-2-1-3-13(22(26)27)15(10)17(21)25/h1-5,8H,6-7H2,(H,20,23). The van der Waals surface area contributed by atoms with Crippen LogP contribution in [0.15, 0.2) is 36.4 Å². The van der Waals surface area contributed by atoms with Gasteiger partial charge in [0, 0.05) is 19.0 Å². The maximum absolute atomic E-state index is 13.0. The molecule has 0 atom stereocenters. The van der Waals surface area contributed by atoms with E-state index in [1.165, 1.54) is 18.2 Å². The first-order valence-electron chi connectivity index (χ1n) is 7.68. The van der Waals surface area contributed by atoms with E-state index in [0.717, 1.165) is 23.1 Å². The molecule has 1 N–H and O–H groups in total. The first kappa shape index (κ1) is 18.5. The van der Waals surface area contributed by atoms with Gasteiger partial charge in [-0.2, -0.15) is 0 Å². The third-order valence-electron chi connectivity index (χ3n) is 3.94.